The number of fused-ring (bicyclic) bond motifs is 4. The SMILES string of the molecule is CON1C(=O)C2C=CC(Cl)=CC2c2cc3ccccc3cc21. The predicted octanol–water partition coefficient (Wildman–Crippen LogP) is 4.14. The van der Waals surface area contributed by atoms with E-state index in [4.69, 9.17) is 16.4 Å². The molecule has 0 bridgehead atoms. The molecule has 4 rings (SSSR count). The molecule has 2 atom stereocenters. The fourth-order valence-electron chi connectivity index (χ4n) is 3.30. The second kappa shape index (κ2) is 4.97. The molecular weight excluding hydrogens is 298 g/mol. The normalized spacial score (nSPS) is 23.3. The maximum Gasteiger partial charge on any atom is 0.258 e. The maximum absolute atomic E-state index is 12.7. The van der Waals surface area contributed by atoms with Crippen molar-refractivity contribution < 1.29 is 9.63 Å². The first-order valence-electron chi connectivity index (χ1n) is 7.15. The first-order chi connectivity index (χ1) is 10.7. The molecule has 2 aromatic carbocycles. The van der Waals surface area contributed by atoms with Gasteiger partial charge in [0.25, 0.3) is 5.91 Å². The molecule has 1 heterocycles. The fraction of sp³-hybridized carbons (Fsp3) is 0.167. The lowest BCUT2D eigenvalue weighted by molar-refractivity contribution is -0.128. The van der Waals surface area contributed by atoms with E-state index in [9.17, 15) is 4.79 Å². The molecule has 0 N–H and O–H groups in total. The molecule has 0 saturated carbocycles. The van der Waals surface area contributed by atoms with E-state index in [1.165, 1.54) is 12.2 Å². The third kappa shape index (κ3) is 1.90. The number of halogens is 1. The number of nitrogens with zero attached hydrogens (tertiary/aromatic N) is 1. The molecule has 110 valence electrons. The quantitative estimate of drug-likeness (QED) is 0.792. The molecule has 2 aliphatic rings. The Kier molecular flexibility index (Phi) is 3.06. The van der Waals surface area contributed by atoms with Crippen molar-refractivity contribution in [3.05, 3.63) is 65.2 Å². The number of benzene rings is 2. The molecule has 2 unspecified atom stereocenters. The zero-order chi connectivity index (χ0) is 15.3. The monoisotopic (exact) mass is 311 g/mol. The van der Waals surface area contributed by atoms with Crippen LogP contribution < -0.4 is 5.06 Å². The smallest absolute Gasteiger partial charge is 0.258 e. The van der Waals surface area contributed by atoms with Gasteiger partial charge in [-0.05, 0) is 34.5 Å². The van der Waals surface area contributed by atoms with E-state index in [1.54, 1.807) is 6.08 Å². The Bertz CT molecular complexity index is 840. The highest BCUT2D eigenvalue weighted by molar-refractivity contribution is 6.31. The lowest BCUT2D eigenvalue weighted by atomic mass is 9.78. The van der Waals surface area contributed by atoms with Crippen molar-refractivity contribution in [2.75, 3.05) is 12.2 Å². The summed E-state index contributed by atoms with van der Waals surface area (Å²) in [5.41, 5.74) is 1.86. The minimum atomic E-state index is -0.267. The third-order valence-corrected chi connectivity index (χ3v) is 4.58. The lowest BCUT2D eigenvalue weighted by Gasteiger charge is -2.37. The van der Waals surface area contributed by atoms with Gasteiger partial charge < -0.3 is 0 Å². The topological polar surface area (TPSA) is 29.5 Å². The van der Waals surface area contributed by atoms with E-state index in [-0.39, 0.29) is 17.7 Å². The van der Waals surface area contributed by atoms with E-state index >= 15 is 0 Å². The molecule has 2 aromatic rings. The van der Waals surface area contributed by atoms with Crippen molar-refractivity contribution in [3.8, 4) is 0 Å². The van der Waals surface area contributed by atoms with Crippen LogP contribution in [-0.2, 0) is 9.63 Å². The number of amides is 1. The highest BCUT2D eigenvalue weighted by Gasteiger charge is 2.40. The average molecular weight is 312 g/mol. The summed E-state index contributed by atoms with van der Waals surface area (Å²) in [4.78, 5) is 18.0. The molecule has 0 radical (unpaired) electrons. The van der Waals surface area contributed by atoms with Crippen molar-refractivity contribution in [1.29, 1.82) is 0 Å². The number of rotatable bonds is 1. The molecule has 1 aliphatic carbocycles. The van der Waals surface area contributed by atoms with Crippen LogP contribution in [0.25, 0.3) is 10.8 Å². The Labute approximate surface area is 133 Å². The summed E-state index contributed by atoms with van der Waals surface area (Å²) < 4.78 is 0. The molecule has 0 fully saturated rings. The Morgan fingerprint density at radius 3 is 2.59 bits per heavy atom. The molecule has 1 aliphatic heterocycles. The first-order valence-corrected chi connectivity index (χ1v) is 7.53. The summed E-state index contributed by atoms with van der Waals surface area (Å²) in [5.74, 6) is -0.376. The Balaban J connectivity index is 2.00. The van der Waals surface area contributed by atoms with Gasteiger partial charge in [-0.15, -0.1) is 0 Å². The van der Waals surface area contributed by atoms with Crippen LogP contribution in [0.1, 0.15) is 11.5 Å². The standard InChI is InChI=1S/C18H14ClNO2/c1-22-20-17-9-12-5-3-2-4-11(12)8-16(17)15-10-13(19)6-7-14(15)18(20)21/h2-10,14-15H,1H3. The van der Waals surface area contributed by atoms with Gasteiger partial charge >= 0.3 is 0 Å². The first kappa shape index (κ1) is 13.6. The fourth-order valence-corrected chi connectivity index (χ4v) is 3.50. The number of hydrogen-bond donors (Lipinski definition) is 0. The molecule has 22 heavy (non-hydrogen) atoms. The summed E-state index contributed by atoms with van der Waals surface area (Å²) in [7, 11) is 1.52. The van der Waals surface area contributed by atoms with Crippen molar-refractivity contribution in [3.63, 3.8) is 0 Å². The molecule has 0 aromatic heterocycles. The summed E-state index contributed by atoms with van der Waals surface area (Å²) in [6.07, 6.45) is 5.59. The summed E-state index contributed by atoms with van der Waals surface area (Å²) >= 11 is 6.16. The summed E-state index contributed by atoms with van der Waals surface area (Å²) in [6.45, 7) is 0. The minimum Gasteiger partial charge on any atom is -0.271 e. The average Bonchev–Trinajstić information content (AvgIpc) is 2.54. The van der Waals surface area contributed by atoms with E-state index in [0.717, 1.165) is 22.0 Å². The van der Waals surface area contributed by atoms with Gasteiger partial charge in [-0.25, -0.2) is 0 Å². The van der Waals surface area contributed by atoms with Gasteiger partial charge in [-0.2, -0.15) is 5.06 Å². The molecule has 3 nitrogen and oxygen atoms in total. The zero-order valence-electron chi connectivity index (χ0n) is 12.0. The zero-order valence-corrected chi connectivity index (χ0v) is 12.7. The minimum absolute atomic E-state index is 0.0454. The van der Waals surface area contributed by atoms with Crippen molar-refractivity contribution in [2.45, 2.75) is 5.92 Å². The largest absolute Gasteiger partial charge is 0.271 e. The lowest BCUT2D eigenvalue weighted by Crippen LogP contribution is -2.42. The van der Waals surface area contributed by atoms with Gasteiger partial charge in [-0.3, -0.25) is 9.63 Å². The van der Waals surface area contributed by atoms with E-state index < -0.39 is 0 Å². The van der Waals surface area contributed by atoms with Crippen LogP contribution in [0.2, 0.25) is 0 Å². The highest BCUT2D eigenvalue weighted by atomic mass is 35.5. The Morgan fingerprint density at radius 1 is 1.14 bits per heavy atom. The van der Waals surface area contributed by atoms with Crippen LogP contribution in [0.15, 0.2) is 59.7 Å². The van der Waals surface area contributed by atoms with E-state index in [2.05, 4.69) is 12.1 Å². The summed E-state index contributed by atoms with van der Waals surface area (Å²) in [5, 5.41) is 4.28. The Hall–Kier alpha value is -2.10. The van der Waals surface area contributed by atoms with Gasteiger partial charge in [0.2, 0.25) is 0 Å². The third-order valence-electron chi connectivity index (χ3n) is 4.33. The van der Waals surface area contributed by atoms with Gasteiger partial charge in [0, 0.05) is 11.0 Å². The van der Waals surface area contributed by atoms with Gasteiger partial charge in [0.15, 0.2) is 0 Å². The van der Waals surface area contributed by atoms with E-state index in [0.29, 0.717) is 5.03 Å². The summed E-state index contributed by atoms with van der Waals surface area (Å²) in [6, 6.07) is 12.2. The number of carbonyl (C=O) groups is 1. The van der Waals surface area contributed by atoms with Crippen molar-refractivity contribution in [1.82, 2.24) is 0 Å². The number of carbonyl (C=O) groups excluding carboxylic acids is 1. The molecule has 1 amide bonds. The second-order valence-electron chi connectivity index (χ2n) is 5.54. The van der Waals surface area contributed by atoms with Crippen LogP contribution in [0.3, 0.4) is 0 Å². The second-order valence-corrected chi connectivity index (χ2v) is 5.97. The predicted molar refractivity (Wildman–Crippen MR) is 87.8 cm³/mol. The molecule has 0 saturated heterocycles. The number of allylic oxidation sites excluding steroid dienone is 3. The Morgan fingerprint density at radius 2 is 1.86 bits per heavy atom. The number of hydrogen-bond acceptors (Lipinski definition) is 2. The van der Waals surface area contributed by atoms with Crippen LogP contribution in [0, 0.1) is 5.92 Å². The van der Waals surface area contributed by atoms with Gasteiger partial charge in [0.1, 0.15) is 0 Å². The van der Waals surface area contributed by atoms with Crippen LogP contribution in [0.4, 0.5) is 5.69 Å². The van der Waals surface area contributed by atoms with E-state index in [1.807, 2.05) is 36.4 Å². The van der Waals surface area contributed by atoms with Gasteiger partial charge in [-0.1, -0.05) is 48.0 Å². The maximum atomic E-state index is 12.7. The molecule has 4 heteroatoms. The molecular formula is C18H14ClNO2. The number of hydroxylamine groups is 1. The van der Waals surface area contributed by atoms with Crippen molar-refractivity contribution >= 4 is 34.0 Å². The van der Waals surface area contributed by atoms with Crippen molar-refractivity contribution in [2.24, 2.45) is 5.92 Å². The highest BCUT2D eigenvalue weighted by Crippen LogP contribution is 2.45. The van der Waals surface area contributed by atoms with Crippen LogP contribution in [0.5, 0.6) is 0 Å². The number of anilines is 1. The van der Waals surface area contributed by atoms with Crippen LogP contribution >= 0.6 is 11.6 Å². The molecule has 0 spiro atoms. The van der Waals surface area contributed by atoms with Gasteiger partial charge in [0.05, 0.1) is 18.7 Å². The van der Waals surface area contributed by atoms with Crippen LogP contribution in [-0.4, -0.2) is 13.0 Å².